The summed E-state index contributed by atoms with van der Waals surface area (Å²) < 4.78 is 5.02. The highest BCUT2D eigenvalue weighted by Crippen LogP contribution is 2.02. The molecule has 1 aromatic heterocycles. The fourth-order valence-electron chi connectivity index (χ4n) is 1.26. The van der Waals surface area contributed by atoms with Gasteiger partial charge in [-0.1, -0.05) is 13.8 Å². The van der Waals surface area contributed by atoms with Crippen molar-refractivity contribution in [3.63, 3.8) is 0 Å². The van der Waals surface area contributed by atoms with Crippen molar-refractivity contribution in [2.75, 3.05) is 6.54 Å². The summed E-state index contributed by atoms with van der Waals surface area (Å²) in [5.74, 6) is 1.43. The highest BCUT2D eigenvalue weighted by atomic mass is 16.3. The second kappa shape index (κ2) is 6.99. The van der Waals surface area contributed by atoms with Gasteiger partial charge in [0.15, 0.2) is 5.96 Å². The number of hydrogen-bond acceptors (Lipinski definition) is 2. The molecule has 0 radical (unpaired) electrons. The van der Waals surface area contributed by atoms with Crippen LogP contribution in [0.1, 0.15) is 33.3 Å². The highest BCUT2D eigenvalue weighted by molar-refractivity contribution is 5.80. The average Bonchev–Trinajstić information content (AvgIpc) is 2.78. The minimum atomic E-state index is 0.400. The van der Waals surface area contributed by atoms with E-state index in [-0.39, 0.29) is 0 Å². The van der Waals surface area contributed by atoms with Crippen LogP contribution in [0.3, 0.4) is 0 Å². The zero-order valence-electron chi connectivity index (χ0n) is 11.2. The third kappa shape index (κ3) is 4.93. The van der Waals surface area contributed by atoms with Crippen molar-refractivity contribution in [3.05, 3.63) is 24.2 Å². The summed E-state index contributed by atoms with van der Waals surface area (Å²) in [6.07, 6.45) is 3.39. The van der Waals surface area contributed by atoms with Crippen molar-refractivity contribution in [3.8, 4) is 0 Å². The lowest BCUT2D eigenvalue weighted by Gasteiger charge is -2.20. The van der Waals surface area contributed by atoms with E-state index in [1.165, 1.54) is 0 Å². The lowest BCUT2D eigenvalue weighted by Crippen LogP contribution is -2.44. The first-order valence-corrected chi connectivity index (χ1v) is 6.19. The van der Waals surface area contributed by atoms with Crippen LogP contribution in [0.2, 0.25) is 0 Å². The van der Waals surface area contributed by atoms with E-state index in [0.717, 1.165) is 18.1 Å². The molecule has 0 bridgehead atoms. The van der Waals surface area contributed by atoms with Gasteiger partial charge in [-0.15, -0.1) is 0 Å². The van der Waals surface area contributed by atoms with Gasteiger partial charge in [-0.05, 0) is 25.8 Å². The molecule has 1 aromatic rings. The normalized spacial score (nSPS) is 13.8. The Morgan fingerprint density at radius 1 is 1.41 bits per heavy atom. The van der Waals surface area contributed by atoms with Gasteiger partial charge in [0.25, 0.3) is 0 Å². The topological polar surface area (TPSA) is 49.6 Å². The first-order valence-electron chi connectivity index (χ1n) is 6.19. The molecule has 1 unspecified atom stereocenters. The Morgan fingerprint density at radius 2 is 2.18 bits per heavy atom. The molecule has 96 valence electrons. The summed E-state index contributed by atoms with van der Waals surface area (Å²) >= 11 is 0. The van der Waals surface area contributed by atoms with Gasteiger partial charge in [-0.3, -0.25) is 0 Å². The summed E-state index contributed by atoms with van der Waals surface area (Å²) in [4.78, 5) is 4.51. The average molecular weight is 237 g/mol. The Labute approximate surface area is 104 Å². The number of aliphatic imine (C=N–C) groups is 1. The van der Waals surface area contributed by atoms with E-state index in [0.29, 0.717) is 18.5 Å². The molecular formula is C13H23N3O. The predicted molar refractivity (Wildman–Crippen MR) is 71.0 cm³/mol. The maximum absolute atomic E-state index is 5.02. The number of nitrogens with zero attached hydrogens (tertiary/aromatic N) is 1. The van der Waals surface area contributed by atoms with Crippen LogP contribution in [-0.2, 0) is 6.54 Å². The number of rotatable bonds is 5. The van der Waals surface area contributed by atoms with Gasteiger partial charge < -0.3 is 15.1 Å². The minimum absolute atomic E-state index is 0.400. The van der Waals surface area contributed by atoms with Gasteiger partial charge in [0.1, 0.15) is 0 Å². The maximum Gasteiger partial charge on any atom is 0.191 e. The summed E-state index contributed by atoms with van der Waals surface area (Å²) in [6.45, 7) is 10.1. The van der Waals surface area contributed by atoms with Crippen LogP contribution >= 0.6 is 0 Å². The van der Waals surface area contributed by atoms with E-state index in [9.17, 15) is 0 Å². The van der Waals surface area contributed by atoms with Crippen molar-refractivity contribution >= 4 is 5.96 Å². The summed E-state index contributed by atoms with van der Waals surface area (Å²) in [6, 6.07) is 2.33. The second-order valence-electron chi connectivity index (χ2n) is 4.50. The molecule has 1 heterocycles. The molecule has 0 aromatic carbocycles. The van der Waals surface area contributed by atoms with Crippen molar-refractivity contribution < 1.29 is 4.42 Å². The largest absolute Gasteiger partial charge is 0.472 e. The van der Waals surface area contributed by atoms with Crippen LogP contribution in [0.5, 0.6) is 0 Å². The zero-order chi connectivity index (χ0) is 12.7. The van der Waals surface area contributed by atoms with Crippen LogP contribution < -0.4 is 10.6 Å². The molecule has 0 fully saturated rings. The monoisotopic (exact) mass is 237 g/mol. The Kier molecular flexibility index (Phi) is 5.60. The van der Waals surface area contributed by atoms with E-state index < -0.39 is 0 Å². The highest BCUT2D eigenvalue weighted by Gasteiger charge is 2.08. The van der Waals surface area contributed by atoms with Gasteiger partial charge in [-0.2, -0.15) is 0 Å². The van der Waals surface area contributed by atoms with E-state index in [2.05, 4.69) is 43.3 Å². The quantitative estimate of drug-likeness (QED) is 0.610. The van der Waals surface area contributed by atoms with Gasteiger partial charge in [0.2, 0.25) is 0 Å². The smallest absolute Gasteiger partial charge is 0.191 e. The van der Waals surface area contributed by atoms with Crippen LogP contribution in [0, 0.1) is 5.92 Å². The first kappa shape index (κ1) is 13.6. The predicted octanol–water partition coefficient (Wildman–Crippen LogP) is 2.38. The number of furan rings is 1. The lowest BCUT2D eigenvalue weighted by molar-refractivity contribution is 0.481. The molecular weight excluding hydrogens is 214 g/mol. The molecule has 0 spiro atoms. The Bertz CT molecular complexity index is 330. The van der Waals surface area contributed by atoms with Crippen molar-refractivity contribution in [1.29, 1.82) is 0 Å². The molecule has 1 atom stereocenters. The van der Waals surface area contributed by atoms with Gasteiger partial charge in [0.05, 0.1) is 19.1 Å². The van der Waals surface area contributed by atoms with Crippen molar-refractivity contribution in [2.24, 2.45) is 10.9 Å². The first-order chi connectivity index (χ1) is 8.13. The van der Waals surface area contributed by atoms with E-state index >= 15 is 0 Å². The van der Waals surface area contributed by atoms with Crippen molar-refractivity contribution in [2.45, 2.75) is 40.3 Å². The van der Waals surface area contributed by atoms with Crippen LogP contribution in [0.4, 0.5) is 0 Å². The fourth-order valence-corrected chi connectivity index (χ4v) is 1.26. The molecule has 17 heavy (non-hydrogen) atoms. The van der Waals surface area contributed by atoms with Crippen LogP contribution in [0.15, 0.2) is 28.0 Å². The number of guanidine groups is 1. The number of nitrogens with one attached hydrogen (secondary N) is 2. The number of hydrogen-bond donors (Lipinski definition) is 2. The molecule has 0 saturated carbocycles. The summed E-state index contributed by atoms with van der Waals surface area (Å²) in [5.41, 5.74) is 1.08. The lowest BCUT2D eigenvalue weighted by atomic mass is 10.1. The molecule has 0 aliphatic heterocycles. The summed E-state index contributed by atoms with van der Waals surface area (Å²) in [5, 5.41) is 6.63. The third-order valence-electron chi connectivity index (χ3n) is 2.71. The molecule has 4 heteroatoms. The Balaban J connectivity index is 2.55. The van der Waals surface area contributed by atoms with Crippen LogP contribution in [0.25, 0.3) is 0 Å². The molecule has 2 N–H and O–H groups in total. The molecule has 0 aliphatic rings. The van der Waals surface area contributed by atoms with Crippen molar-refractivity contribution in [1.82, 2.24) is 10.6 Å². The Hall–Kier alpha value is -1.45. The Morgan fingerprint density at radius 3 is 2.71 bits per heavy atom. The molecule has 0 amide bonds. The molecule has 0 aliphatic carbocycles. The standard InChI is InChI=1S/C13H23N3O/c1-5-14-13(16-11(4)10(2)3)15-8-12-6-7-17-9-12/h6-7,9-11H,5,8H2,1-4H3,(H2,14,15,16). The molecule has 0 saturated heterocycles. The maximum atomic E-state index is 5.02. The molecule has 4 nitrogen and oxygen atoms in total. The molecule has 1 rings (SSSR count). The third-order valence-corrected chi connectivity index (χ3v) is 2.71. The van der Waals surface area contributed by atoms with Gasteiger partial charge in [-0.25, -0.2) is 4.99 Å². The second-order valence-corrected chi connectivity index (χ2v) is 4.50. The SMILES string of the molecule is CCNC(=NCc1ccoc1)NC(C)C(C)C. The van der Waals surface area contributed by atoms with E-state index in [4.69, 9.17) is 4.42 Å². The van der Waals surface area contributed by atoms with Gasteiger partial charge in [0, 0.05) is 18.2 Å². The van der Waals surface area contributed by atoms with Gasteiger partial charge >= 0.3 is 0 Å². The van der Waals surface area contributed by atoms with E-state index in [1.807, 2.05) is 6.07 Å². The zero-order valence-corrected chi connectivity index (χ0v) is 11.2. The van der Waals surface area contributed by atoms with Crippen LogP contribution in [-0.4, -0.2) is 18.5 Å². The fraction of sp³-hybridized carbons (Fsp3) is 0.615. The minimum Gasteiger partial charge on any atom is -0.472 e. The van der Waals surface area contributed by atoms with E-state index in [1.54, 1.807) is 12.5 Å². The summed E-state index contributed by atoms with van der Waals surface area (Å²) in [7, 11) is 0.